The van der Waals surface area contributed by atoms with Crippen molar-refractivity contribution in [1.82, 2.24) is 10.3 Å². The van der Waals surface area contributed by atoms with Gasteiger partial charge in [-0.1, -0.05) is 22.0 Å². The van der Waals surface area contributed by atoms with Crippen molar-refractivity contribution in [3.05, 3.63) is 56.8 Å². The Hall–Kier alpha value is -2.25. The number of carbonyl (C=O) groups is 2. The van der Waals surface area contributed by atoms with E-state index in [1.807, 2.05) is 32.9 Å². The maximum absolute atomic E-state index is 13.0. The van der Waals surface area contributed by atoms with Gasteiger partial charge in [0.1, 0.15) is 5.69 Å². The van der Waals surface area contributed by atoms with Crippen molar-refractivity contribution in [2.45, 2.75) is 40.3 Å². The lowest BCUT2D eigenvalue weighted by Gasteiger charge is -2.17. The van der Waals surface area contributed by atoms with Crippen LogP contribution in [0.2, 0.25) is 0 Å². The van der Waals surface area contributed by atoms with E-state index < -0.39 is 5.91 Å². The number of ether oxygens (including phenoxy) is 1. The van der Waals surface area contributed by atoms with Gasteiger partial charge in [-0.15, -0.1) is 0 Å². The molecule has 2 N–H and O–H groups in total. The van der Waals surface area contributed by atoms with Crippen LogP contribution in [-0.2, 0) is 11.3 Å². The minimum Gasteiger partial charge on any atom is -0.380 e. The summed E-state index contributed by atoms with van der Waals surface area (Å²) in [4.78, 5) is 29.7. The van der Waals surface area contributed by atoms with Gasteiger partial charge < -0.3 is 15.4 Å². The molecule has 0 fully saturated rings. The zero-order chi connectivity index (χ0) is 20.1. The number of carbonyl (C=O) groups excluding carboxylic acids is 2. The van der Waals surface area contributed by atoms with Crippen LogP contribution >= 0.6 is 15.9 Å². The van der Waals surface area contributed by atoms with Crippen LogP contribution in [0.5, 0.6) is 0 Å². The van der Waals surface area contributed by atoms with Gasteiger partial charge in [0.15, 0.2) is 0 Å². The maximum Gasteiger partial charge on any atom is 0.270 e. The second-order valence-corrected chi connectivity index (χ2v) is 7.44. The van der Waals surface area contributed by atoms with Crippen LogP contribution < -0.4 is 10.6 Å². The molecule has 7 heteroatoms. The number of benzene rings is 1. The Bertz CT molecular complexity index is 866. The molecule has 1 heterocycles. The third-order valence-electron chi connectivity index (χ3n) is 3.91. The summed E-state index contributed by atoms with van der Waals surface area (Å²) in [6, 6.07) is 7.09. The van der Waals surface area contributed by atoms with Crippen molar-refractivity contribution in [1.29, 1.82) is 0 Å². The molecule has 0 unspecified atom stereocenters. The summed E-state index contributed by atoms with van der Waals surface area (Å²) in [5, 5.41) is 5.71. The molecule has 0 radical (unpaired) electrons. The highest BCUT2D eigenvalue weighted by atomic mass is 79.9. The molecular formula is C20H24BrN3O3. The number of rotatable bonds is 6. The highest BCUT2D eigenvalue weighted by Gasteiger charge is 2.21. The van der Waals surface area contributed by atoms with Gasteiger partial charge in [-0.05, 0) is 51.5 Å². The monoisotopic (exact) mass is 433 g/mol. The zero-order valence-corrected chi connectivity index (χ0v) is 17.7. The van der Waals surface area contributed by atoms with Crippen molar-refractivity contribution < 1.29 is 14.3 Å². The van der Waals surface area contributed by atoms with Gasteiger partial charge in [0.2, 0.25) is 0 Å². The van der Waals surface area contributed by atoms with Crippen LogP contribution in [0.25, 0.3) is 0 Å². The van der Waals surface area contributed by atoms with Crippen LogP contribution in [0.4, 0.5) is 5.69 Å². The molecule has 0 saturated carbocycles. The van der Waals surface area contributed by atoms with Crippen molar-refractivity contribution in [3.8, 4) is 0 Å². The summed E-state index contributed by atoms with van der Waals surface area (Å²) < 4.78 is 6.09. The Morgan fingerprint density at radius 2 is 1.85 bits per heavy atom. The highest BCUT2D eigenvalue weighted by molar-refractivity contribution is 9.10. The SMILES string of the molecule is COCc1c(Br)ccc(C)c1NC(=O)c1ccc(C)nc1C(=O)NC(C)C. The van der Waals surface area contributed by atoms with E-state index in [9.17, 15) is 9.59 Å². The van der Waals surface area contributed by atoms with E-state index >= 15 is 0 Å². The Kier molecular flexibility index (Phi) is 7.10. The summed E-state index contributed by atoms with van der Waals surface area (Å²) in [7, 11) is 1.60. The number of methoxy groups -OCH3 is 1. The molecule has 27 heavy (non-hydrogen) atoms. The van der Waals surface area contributed by atoms with Crippen LogP contribution in [0.15, 0.2) is 28.7 Å². The fourth-order valence-electron chi connectivity index (χ4n) is 2.62. The van der Waals surface area contributed by atoms with Crippen molar-refractivity contribution in [2.24, 2.45) is 0 Å². The molecule has 0 spiro atoms. The smallest absolute Gasteiger partial charge is 0.270 e. The standard InChI is InChI=1S/C20H24BrN3O3/c1-11(2)22-20(26)18-14(8-7-13(4)23-18)19(25)24-17-12(3)6-9-16(21)15(17)10-27-5/h6-9,11H,10H2,1-5H3,(H,22,26)(H,24,25). The molecule has 2 aromatic rings. The first-order valence-corrected chi connectivity index (χ1v) is 9.40. The van der Waals surface area contributed by atoms with E-state index in [-0.39, 0.29) is 23.2 Å². The fourth-order valence-corrected chi connectivity index (χ4v) is 3.07. The summed E-state index contributed by atoms with van der Waals surface area (Å²) >= 11 is 3.50. The largest absolute Gasteiger partial charge is 0.380 e. The molecule has 0 aliphatic carbocycles. The molecule has 0 atom stereocenters. The molecule has 1 aromatic heterocycles. The molecule has 6 nitrogen and oxygen atoms in total. The van der Waals surface area contributed by atoms with Crippen molar-refractivity contribution in [2.75, 3.05) is 12.4 Å². The van der Waals surface area contributed by atoms with Crippen LogP contribution in [0.1, 0.15) is 51.5 Å². The van der Waals surface area contributed by atoms with E-state index in [2.05, 4.69) is 31.5 Å². The lowest BCUT2D eigenvalue weighted by atomic mass is 10.1. The number of anilines is 1. The first-order valence-electron chi connectivity index (χ1n) is 8.61. The zero-order valence-electron chi connectivity index (χ0n) is 16.1. The number of hydrogen-bond donors (Lipinski definition) is 2. The normalized spacial score (nSPS) is 10.8. The predicted molar refractivity (Wildman–Crippen MR) is 109 cm³/mol. The molecule has 2 amide bonds. The molecule has 0 bridgehead atoms. The highest BCUT2D eigenvalue weighted by Crippen LogP contribution is 2.29. The molecule has 1 aromatic carbocycles. The lowest BCUT2D eigenvalue weighted by Crippen LogP contribution is -2.33. The lowest BCUT2D eigenvalue weighted by molar-refractivity contribution is 0.0925. The molecule has 0 aliphatic rings. The van der Waals surface area contributed by atoms with E-state index in [0.29, 0.717) is 18.0 Å². The Morgan fingerprint density at radius 3 is 2.48 bits per heavy atom. The van der Waals surface area contributed by atoms with Crippen LogP contribution in [0.3, 0.4) is 0 Å². The fraction of sp³-hybridized carbons (Fsp3) is 0.350. The molecular weight excluding hydrogens is 410 g/mol. The summed E-state index contributed by atoms with van der Waals surface area (Å²) in [6.45, 7) is 7.74. The number of amides is 2. The van der Waals surface area contributed by atoms with E-state index in [1.165, 1.54) is 0 Å². The van der Waals surface area contributed by atoms with Gasteiger partial charge >= 0.3 is 0 Å². The van der Waals surface area contributed by atoms with E-state index in [1.54, 1.807) is 26.2 Å². The number of aryl methyl sites for hydroxylation is 2. The summed E-state index contributed by atoms with van der Waals surface area (Å²) in [6.07, 6.45) is 0. The van der Waals surface area contributed by atoms with Crippen LogP contribution in [0, 0.1) is 13.8 Å². The number of nitrogens with one attached hydrogen (secondary N) is 2. The summed E-state index contributed by atoms with van der Waals surface area (Å²) in [5.74, 6) is -0.767. The number of nitrogens with zero attached hydrogens (tertiary/aromatic N) is 1. The minimum absolute atomic E-state index is 0.0589. The molecule has 2 rings (SSSR count). The minimum atomic E-state index is -0.394. The van der Waals surface area contributed by atoms with Gasteiger partial charge in [-0.25, -0.2) is 4.98 Å². The Morgan fingerprint density at radius 1 is 1.15 bits per heavy atom. The van der Waals surface area contributed by atoms with Gasteiger partial charge in [0.05, 0.1) is 17.9 Å². The number of halogens is 1. The topological polar surface area (TPSA) is 80.3 Å². The second kappa shape index (κ2) is 9.10. The van der Waals surface area contributed by atoms with Crippen molar-refractivity contribution in [3.63, 3.8) is 0 Å². The molecule has 0 aliphatic heterocycles. The van der Waals surface area contributed by atoms with Gasteiger partial charge in [0, 0.05) is 28.9 Å². The predicted octanol–water partition coefficient (Wildman–Crippen LogP) is 4.00. The Balaban J connectivity index is 2.43. The second-order valence-electron chi connectivity index (χ2n) is 6.58. The first-order chi connectivity index (χ1) is 12.7. The van der Waals surface area contributed by atoms with Gasteiger partial charge in [-0.2, -0.15) is 0 Å². The Labute approximate surface area is 167 Å². The average Bonchev–Trinajstić information content (AvgIpc) is 2.60. The number of hydrogen-bond acceptors (Lipinski definition) is 4. The number of aromatic nitrogens is 1. The third kappa shape index (κ3) is 5.14. The van der Waals surface area contributed by atoms with Crippen LogP contribution in [-0.4, -0.2) is 29.9 Å². The van der Waals surface area contributed by atoms with Gasteiger partial charge in [0.25, 0.3) is 11.8 Å². The van der Waals surface area contributed by atoms with Crippen molar-refractivity contribution >= 4 is 33.4 Å². The third-order valence-corrected chi connectivity index (χ3v) is 4.65. The molecule has 0 saturated heterocycles. The van der Waals surface area contributed by atoms with E-state index in [0.717, 1.165) is 15.6 Å². The maximum atomic E-state index is 13.0. The molecule has 144 valence electrons. The number of pyridine rings is 1. The average molecular weight is 434 g/mol. The quantitative estimate of drug-likeness (QED) is 0.721. The van der Waals surface area contributed by atoms with E-state index in [4.69, 9.17) is 4.74 Å². The first kappa shape index (κ1) is 21.1. The van der Waals surface area contributed by atoms with Gasteiger partial charge in [-0.3, -0.25) is 9.59 Å². The summed E-state index contributed by atoms with van der Waals surface area (Å²) in [5.41, 5.74) is 3.39.